The Kier molecular flexibility index (Phi) is 7.07. The molecule has 2 aliphatic rings. The summed E-state index contributed by atoms with van der Waals surface area (Å²) in [7, 11) is 0. The van der Waals surface area contributed by atoms with Crippen LogP contribution >= 0.6 is 0 Å². The summed E-state index contributed by atoms with van der Waals surface area (Å²) in [6.07, 6.45) is 7.30. The van der Waals surface area contributed by atoms with Gasteiger partial charge in [0.15, 0.2) is 0 Å². The topological polar surface area (TPSA) is 66.9 Å². The summed E-state index contributed by atoms with van der Waals surface area (Å²) in [5.74, 6) is -0.286. The van der Waals surface area contributed by atoms with Crippen molar-refractivity contribution in [1.82, 2.24) is 9.80 Å². The van der Waals surface area contributed by atoms with E-state index >= 15 is 0 Å². The zero-order chi connectivity index (χ0) is 20.7. The molecule has 0 N–H and O–H groups in total. The number of hydrogen-bond donors (Lipinski definition) is 0. The fourth-order valence-corrected chi connectivity index (χ4v) is 4.16. The minimum Gasteiger partial charge on any atom is -0.466 e. The Morgan fingerprint density at radius 1 is 1.17 bits per heavy atom. The zero-order valence-corrected chi connectivity index (χ0v) is 17.1. The lowest BCUT2D eigenvalue weighted by atomic mass is 9.76. The molecule has 2 saturated heterocycles. The van der Waals surface area contributed by atoms with E-state index in [1.165, 1.54) is 0 Å². The molecule has 2 fully saturated rings. The number of carbonyl (C=O) groups excluding carboxylic acids is 3. The van der Waals surface area contributed by atoms with Gasteiger partial charge >= 0.3 is 5.97 Å². The van der Waals surface area contributed by atoms with Crippen LogP contribution in [0, 0.1) is 5.41 Å². The number of rotatable bonds is 7. The Hall–Kier alpha value is -2.63. The van der Waals surface area contributed by atoms with Crippen LogP contribution in [0.2, 0.25) is 0 Å². The molecule has 0 spiro atoms. The normalized spacial score (nSPS) is 22.3. The molecule has 29 heavy (non-hydrogen) atoms. The van der Waals surface area contributed by atoms with Crippen LogP contribution in [0.4, 0.5) is 0 Å². The van der Waals surface area contributed by atoms with Crippen LogP contribution in [0.5, 0.6) is 0 Å². The fourth-order valence-electron chi connectivity index (χ4n) is 4.16. The number of piperidine rings is 1. The minimum atomic E-state index is -0.732. The summed E-state index contributed by atoms with van der Waals surface area (Å²) >= 11 is 0. The summed E-state index contributed by atoms with van der Waals surface area (Å²) < 4.78 is 5.39. The Balaban J connectivity index is 1.71. The van der Waals surface area contributed by atoms with E-state index in [1.54, 1.807) is 16.7 Å². The van der Waals surface area contributed by atoms with E-state index in [9.17, 15) is 14.4 Å². The average Bonchev–Trinajstić information content (AvgIpc) is 3.13. The molecule has 156 valence electrons. The van der Waals surface area contributed by atoms with Crippen LogP contribution < -0.4 is 0 Å². The molecule has 0 bridgehead atoms. The van der Waals surface area contributed by atoms with Gasteiger partial charge in [-0.25, -0.2) is 0 Å². The lowest BCUT2D eigenvalue weighted by Gasteiger charge is -2.41. The summed E-state index contributed by atoms with van der Waals surface area (Å²) in [5, 5.41) is 0. The van der Waals surface area contributed by atoms with Gasteiger partial charge in [0.1, 0.15) is 0 Å². The number of benzene rings is 1. The molecule has 0 unspecified atom stereocenters. The summed E-state index contributed by atoms with van der Waals surface area (Å²) in [4.78, 5) is 40.9. The molecule has 3 rings (SSSR count). The third-order valence-corrected chi connectivity index (χ3v) is 5.75. The van der Waals surface area contributed by atoms with Crippen LogP contribution in [0.25, 0.3) is 6.08 Å². The number of likely N-dealkylation sites (tertiary alicyclic amines) is 2. The number of allylic oxidation sites excluding steroid dienone is 1. The number of ether oxygens (including phenoxy) is 1. The quantitative estimate of drug-likeness (QED) is 0.663. The van der Waals surface area contributed by atoms with Crippen molar-refractivity contribution < 1.29 is 19.1 Å². The SMILES string of the molecule is CCOC(=O)[C@]1(C/C=C/c2ccccc2)CCCN(C(=O)CN2CCCC2=O)C1. The molecule has 0 saturated carbocycles. The highest BCUT2D eigenvalue weighted by molar-refractivity contribution is 5.86. The van der Waals surface area contributed by atoms with Gasteiger partial charge in [-0.05, 0) is 38.2 Å². The van der Waals surface area contributed by atoms with Gasteiger partial charge in [-0.3, -0.25) is 14.4 Å². The van der Waals surface area contributed by atoms with Gasteiger partial charge < -0.3 is 14.5 Å². The van der Waals surface area contributed by atoms with E-state index in [4.69, 9.17) is 4.74 Å². The summed E-state index contributed by atoms with van der Waals surface area (Å²) in [6, 6.07) is 9.94. The second kappa shape index (κ2) is 9.72. The zero-order valence-electron chi connectivity index (χ0n) is 17.1. The first-order chi connectivity index (χ1) is 14.0. The largest absolute Gasteiger partial charge is 0.466 e. The summed E-state index contributed by atoms with van der Waals surface area (Å²) in [5.41, 5.74) is 0.340. The van der Waals surface area contributed by atoms with E-state index < -0.39 is 5.41 Å². The van der Waals surface area contributed by atoms with Crippen molar-refractivity contribution >= 4 is 23.9 Å². The first-order valence-electron chi connectivity index (χ1n) is 10.5. The first-order valence-corrected chi connectivity index (χ1v) is 10.5. The molecule has 0 aliphatic carbocycles. The molecule has 1 atom stereocenters. The molecule has 0 aromatic heterocycles. The monoisotopic (exact) mass is 398 g/mol. The van der Waals surface area contributed by atoms with Crippen molar-refractivity contribution in [3.8, 4) is 0 Å². The Morgan fingerprint density at radius 2 is 1.97 bits per heavy atom. The highest BCUT2D eigenvalue weighted by atomic mass is 16.5. The highest BCUT2D eigenvalue weighted by Gasteiger charge is 2.44. The van der Waals surface area contributed by atoms with Gasteiger partial charge in [-0.1, -0.05) is 42.5 Å². The second-order valence-electron chi connectivity index (χ2n) is 7.86. The van der Waals surface area contributed by atoms with Crippen molar-refractivity contribution in [2.75, 3.05) is 32.8 Å². The first kappa shape index (κ1) is 21.1. The molecule has 1 aromatic rings. The van der Waals surface area contributed by atoms with E-state index in [0.717, 1.165) is 18.4 Å². The van der Waals surface area contributed by atoms with E-state index in [-0.39, 0.29) is 24.3 Å². The van der Waals surface area contributed by atoms with Gasteiger partial charge in [-0.2, -0.15) is 0 Å². The fraction of sp³-hybridized carbons (Fsp3) is 0.522. The van der Waals surface area contributed by atoms with Gasteiger partial charge in [-0.15, -0.1) is 0 Å². The maximum atomic E-state index is 12.9. The highest BCUT2D eigenvalue weighted by Crippen LogP contribution is 2.36. The van der Waals surface area contributed by atoms with E-state index in [2.05, 4.69) is 0 Å². The van der Waals surface area contributed by atoms with Crippen molar-refractivity contribution in [3.05, 3.63) is 42.0 Å². The van der Waals surface area contributed by atoms with Crippen LogP contribution in [-0.2, 0) is 19.1 Å². The van der Waals surface area contributed by atoms with Gasteiger partial charge in [0, 0.05) is 26.1 Å². The molecule has 6 heteroatoms. The van der Waals surface area contributed by atoms with Crippen molar-refractivity contribution in [2.45, 2.75) is 39.0 Å². The second-order valence-corrected chi connectivity index (χ2v) is 7.86. The average molecular weight is 399 g/mol. The third kappa shape index (κ3) is 5.25. The maximum Gasteiger partial charge on any atom is 0.314 e. The number of amides is 2. The van der Waals surface area contributed by atoms with Crippen molar-refractivity contribution in [2.24, 2.45) is 5.41 Å². The lowest BCUT2D eigenvalue weighted by molar-refractivity contribution is -0.161. The molecule has 1 aromatic carbocycles. The molecule has 2 aliphatic heterocycles. The molecule has 2 amide bonds. The van der Waals surface area contributed by atoms with Crippen molar-refractivity contribution in [1.29, 1.82) is 0 Å². The van der Waals surface area contributed by atoms with Gasteiger partial charge in [0.05, 0.1) is 18.6 Å². The van der Waals surface area contributed by atoms with E-state index in [1.807, 2.05) is 42.5 Å². The predicted molar refractivity (Wildman–Crippen MR) is 111 cm³/mol. The Morgan fingerprint density at radius 3 is 2.66 bits per heavy atom. The lowest BCUT2D eigenvalue weighted by Crippen LogP contribution is -2.52. The number of nitrogens with zero attached hydrogens (tertiary/aromatic N) is 2. The number of hydrogen-bond acceptors (Lipinski definition) is 4. The number of esters is 1. The molecule has 2 heterocycles. The van der Waals surface area contributed by atoms with E-state index in [0.29, 0.717) is 45.5 Å². The smallest absolute Gasteiger partial charge is 0.314 e. The van der Waals surface area contributed by atoms with Crippen LogP contribution in [0.3, 0.4) is 0 Å². The van der Waals surface area contributed by atoms with Gasteiger partial charge in [0.25, 0.3) is 0 Å². The van der Waals surface area contributed by atoms with Crippen molar-refractivity contribution in [3.63, 3.8) is 0 Å². The Bertz CT molecular complexity index is 761. The van der Waals surface area contributed by atoms with Crippen LogP contribution in [0.1, 0.15) is 44.6 Å². The predicted octanol–water partition coefficient (Wildman–Crippen LogP) is 2.88. The summed E-state index contributed by atoms with van der Waals surface area (Å²) in [6.45, 7) is 3.82. The minimum absolute atomic E-state index is 0.0396. The Labute approximate surface area is 172 Å². The molecular formula is C23H30N2O4. The molecule has 0 radical (unpaired) electrons. The molecular weight excluding hydrogens is 368 g/mol. The van der Waals surface area contributed by atoms with Crippen LogP contribution in [-0.4, -0.2) is 60.4 Å². The number of carbonyl (C=O) groups is 3. The molecule has 6 nitrogen and oxygen atoms in total. The van der Waals surface area contributed by atoms with Gasteiger partial charge in [0.2, 0.25) is 11.8 Å². The standard InChI is InChI=1S/C23H30N2O4/c1-2-29-22(28)23(13-6-11-19-9-4-3-5-10-19)14-8-16-25(18-23)21(27)17-24-15-7-12-20(24)26/h3-6,9-11H,2,7-8,12-18H2,1H3/b11-6+/t23-/m1/s1. The maximum absolute atomic E-state index is 12.9. The third-order valence-electron chi connectivity index (χ3n) is 5.75. The van der Waals surface area contributed by atoms with Crippen LogP contribution in [0.15, 0.2) is 36.4 Å².